The summed E-state index contributed by atoms with van der Waals surface area (Å²) in [5, 5.41) is 3.55. The number of rotatable bonds is 5. The second-order valence-electron chi connectivity index (χ2n) is 6.66. The van der Waals surface area contributed by atoms with Gasteiger partial charge in [0.15, 0.2) is 5.82 Å². The third-order valence-corrected chi connectivity index (χ3v) is 6.07. The molecule has 0 radical (unpaired) electrons. The maximum Gasteiger partial charge on any atom is 0.265 e. The minimum atomic E-state index is -0.144. The summed E-state index contributed by atoms with van der Waals surface area (Å²) >= 11 is 7.60. The summed E-state index contributed by atoms with van der Waals surface area (Å²) in [7, 11) is 0. The van der Waals surface area contributed by atoms with Crippen LogP contribution in [0.15, 0.2) is 54.6 Å². The molecule has 28 heavy (non-hydrogen) atoms. The molecule has 1 amide bonds. The van der Waals surface area contributed by atoms with Crippen molar-refractivity contribution in [2.24, 2.45) is 0 Å². The molecule has 0 atom stereocenters. The monoisotopic (exact) mass is 409 g/mol. The van der Waals surface area contributed by atoms with E-state index in [1.807, 2.05) is 49.4 Å². The van der Waals surface area contributed by atoms with Gasteiger partial charge >= 0.3 is 0 Å². The van der Waals surface area contributed by atoms with Gasteiger partial charge in [-0.2, -0.15) is 0 Å². The molecule has 2 aromatic carbocycles. The van der Waals surface area contributed by atoms with Gasteiger partial charge in [0.05, 0.1) is 20.8 Å². The molecule has 142 valence electrons. The van der Waals surface area contributed by atoms with Crippen LogP contribution in [0.5, 0.6) is 0 Å². The summed E-state index contributed by atoms with van der Waals surface area (Å²) in [5.74, 6) is 0.764. The number of anilines is 1. The van der Waals surface area contributed by atoms with E-state index in [2.05, 4.69) is 22.9 Å². The van der Waals surface area contributed by atoms with Crippen LogP contribution in [0.4, 0.5) is 5.69 Å². The average Bonchev–Trinajstić information content (AvgIpc) is 3.30. The minimum absolute atomic E-state index is 0.144. The number of amides is 1. The Labute approximate surface area is 172 Å². The van der Waals surface area contributed by atoms with Crippen LogP contribution in [0.1, 0.15) is 28.6 Å². The number of aryl methyl sites for hydroxylation is 2. The lowest BCUT2D eigenvalue weighted by Crippen LogP contribution is -2.10. The fraction of sp³-hybridized carbons (Fsp3) is 0.182. The molecule has 2 heterocycles. The Morgan fingerprint density at radius 3 is 2.79 bits per heavy atom. The molecule has 0 saturated heterocycles. The van der Waals surface area contributed by atoms with E-state index >= 15 is 0 Å². The minimum Gasteiger partial charge on any atom is -0.323 e. The Hall–Kier alpha value is -2.63. The van der Waals surface area contributed by atoms with E-state index in [1.165, 1.54) is 11.3 Å². The van der Waals surface area contributed by atoms with Crippen molar-refractivity contribution in [3.05, 3.63) is 70.1 Å². The fourth-order valence-electron chi connectivity index (χ4n) is 3.16. The molecule has 2 aromatic heterocycles. The molecule has 0 aliphatic heterocycles. The fourth-order valence-corrected chi connectivity index (χ4v) is 4.24. The van der Waals surface area contributed by atoms with Crippen LogP contribution in [0.3, 0.4) is 0 Å². The Morgan fingerprint density at radius 2 is 2.00 bits per heavy atom. The van der Waals surface area contributed by atoms with E-state index in [0.29, 0.717) is 15.6 Å². The van der Waals surface area contributed by atoms with Crippen LogP contribution in [0.2, 0.25) is 5.02 Å². The van der Waals surface area contributed by atoms with Gasteiger partial charge in [-0.1, -0.05) is 36.7 Å². The number of thiophene rings is 1. The van der Waals surface area contributed by atoms with Gasteiger partial charge in [0, 0.05) is 17.3 Å². The summed E-state index contributed by atoms with van der Waals surface area (Å²) in [5.41, 5.74) is 3.76. The Morgan fingerprint density at radius 1 is 1.18 bits per heavy atom. The van der Waals surface area contributed by atoms with Gasteiger partial charge in [-0.25, -0.2) is 4.98 Å². The molecule has 6 heteroatoms. The molecule has 0 unspecified atom stereocenters. The first kappa shape index (κ1) is 18.7. The van der Waals surface area contributed by atoms with Crippen LogP contribution in [0.25, 0.3) is 21.7 Å². The zero-order valence-corrected chi connectivity index (χ0v) is 17.3. The molecular weight excluding hydrogens is 390 g/mol. The summed E-state index contributed by atoms with van der Waals surface area (Å²) in [6.45, 7) is 4.97. The predicted molar refractivity (Wildman–Crippen MR) is 117 cm³/mol. The highest BCUT2D eigenvalue weighted by molar-refractivity contribution is 7.17. The quantitative estimate of drug-likeness (QED) is 0.415. The van der Waals surface area contributed by atoms with Crippen molar-refractivity contribution >= 4 is 45.6 Å². The van der Waals surface area contributed by atoms with Crippen LogP contribution >= 0.6 is 22.9 Å². The number of hydrogen-bond acceptors (Lipinski definition) is 3. The number of benzene rings is 2. The maximum absolute atomic E-state index is 12.7. The summed E-state index contributed by atoms with van der Waals surface area (Å²) in [4.78, 5) is 19.1. The molecule has 0 bridgehead atoms. The third kappa shape index (κ3) is 3.55. The maximum atomic E-state index is 12.7. The van der Waals surface area contributed by atoms with Crippen molar-refractivity contribution in [1.82, 2.24) is 9.55 Å². The molecule has 0 saturated carbocycles. The Bertz CT molecular complexity index is 1160. The van der Waals surface area contributed by atoms with Gasteiger partial charge in [0.25, 0.3) is 5.91 Å². The Kier molecular flexibility index (Phi) is 5.20. The molecule has 4 rings (SSSR count). The Balaban J connectivity index is 1.64. The summed E-state index contributed by atoms with van der Waals surface area (Å²) in [6.07, 6.45) is 1.01. The number of aromatic nitrogens is 2. The standard InChI is InChI=1S/C22H20ClN3OS/c1-3-12-26-18-7-5-4-6-17(18)25-21(26)19-10-11-20(28-19)22(27)24-15-9-8-14(2)16(23)13-15/h4-11,13H,3,12H2,1-2H3,(H,24,27). The largest absolute Gasteiger partial charge is 0.323 e. The van der Waals surface area contributed by atoms with E-state index < -0.39 is 0 Å². The number of nitrogens with zero attached hydrogens (tertiary/aromatic N) is 2. The van der Waals surface area contributed by atoms with Gasteiger partial charge in [0.1, 0.15) is 0 Å². The van der Waals surface area contributed by atoms with Crippen molar-refractivity contribution in [3.8, 4) is 10.7 Å². The number of carbonyl (C=O) groups is 1. The van der Waals surface area contributed by atoms with Crippen LogP contribution in [-0.4, -0.2) is 15.5 Å². The average molecular weight is 410 g/mol. The van der Waals surface area contributed by atoms with Gasteiger partial charge < -0.3 is 9.88 Å². The van der Waals surface area contributed by atoms with Crippen molar-refractivity contribution in [3.63, 3.8) is 0 Å². The number of nitrogens with one attached hydrogen (secondary N) is 1. The number of para-hydroxylation sites is 2. The van der Waals surface area contributed by atoms with Crippen molar-refractivity contribution in [2.75, 3.05) is 5.32 Å². The summed E-state index contributed by atoms with van der Waals surface area (Å²) < 4.78 is 2.22. The van der Waals surface area contributed by atoms with Crippen LogP contribution in [0, 0.1) is 6.92 Å². The van der Waals surface area contributed by atoms with Gasteiger partial charge in [-0.15, -0.1) is 11.3 Å². The highest BCUT2D eigenvalue weighted by Gasteiger charge is 2.16. The number of fused-ring (bicyclic) bond motifs is 1. The zero-order chi connectivity index (χ0) is 19.7. The van der Waals surface area contributed by atoms with Crippen molar-refractivity contribution in [1.29, 1.82) is 0 Å². The van der Waals surface area contributed by atoms with E-state index in [9.17, 15) is 4.79 Å². The second-order valence-corrected chi connectivity index (χ2v) is 8.15. The van der Waals surface area contributed by atoms with Gasteiger partial charge in [0.2, 0.25) is 0 Å². The van der Waals surface area contributed by atoms with E-state index in [1.54, 1.807) is 6.07 Å². The second kappa shape index (κ2) is 7.78. The van der Waals surface area contributed by atoms with E-state index in [4.69, 9.17) is 16.6 Å². The molecule has 4 nitrogen and oxygen atoms in total. The lowest BCUT2D eigenvalue weighted by atomic mass is 10.2. The third-order valence-electron chi connectivity index (χ3n) is 4.58. The molecule has 4 aromatic rings. The van der Waals surface area contributed by atoms with Gasteiger partial charge in [-0.3, -0.25) is 4.79 Å². The summed E-state index contributed by atoms with van der Waals surface area (Å²) in [6, 6.07) is 17.5. The number of halogens is 1. The zero-order valence-electron chi connectivity index (χ0n) is 15.7. The predicted octanol–water partition coefficient (Wildman–Crippen LogP) is 6.39. The first-order valence-electron chi connectivity index (χ1n) is 9.20. The lowest BCUT2D eigenvalue weighted by molar-refractivity contribution is 0.103. The van der Waals surface area contributed by atoms with E-state index in [0.717, 1.165) is 40.3 Å². The van der Waals surface area contributed by atoms with Crippen molar-refractivity contribution in [2.45, 2.75) is 26.8 Å². The SMILES string of the molecule is CCCn1c(-c2ccc(C(=O)Nc3ccc(C)c(Cl)c3)s2)nc2ccccc21. The smallest absolute Gasteiger partial charge is 0.265 e. The molecular formula is C22H20ClN3OS. The highest BCUT2D eigenvalue weighted by Crippen LogP contribution is 2.31. The van der Waals surface area contributed by atoms with Crippen LogP contribution in [-0.2, 0) is 6.54 Å². The number of hydrogen-bond donors (Lipinski definition) is 1. The number of imidazole rings is 1. The molecule has 0 spiro atoms. The highest BCUT2D eigenvalue weighted by atomic mass is 35.5. The molecule has 0 aliphatic rings. The first-order chi connectivity index (χ1) is 13.6. The molecule has 0 fully saturated rings. The lowest BCUT2D eigenvalue weighted by Gasteiger charge is -2.06. The van der Waals surface area contributed by atoms with Crippen molar-refractivity contribution < 1.29 is 4.79 Å². The topological polar surface area (TPSA) is 46.9 Å². The number of carbonyl (C=O) groups excluding carboxylic acids is 1. The molecule has 1 N–H and O–H groups in total. The van der Waals surface area contributed by atoms with Crippen LogP contribution < -0.4 is 5.32 Å². The first-order valence-corrected chi connectivity index (χ1v) is 10.4. The normalized spacial score (nSPS) is 11.1. The van der Waals surface area contributed by atoms with E-state index in [-0.39, 0.29) is 5.91 Å². The van der Waals surface area contributed by atoms with Gasteiger partial charge in [-0.05, 0) is 55.3 Å². The molecule has 0 aliphatic carbocycles.